The van der Waals surface area contributed by atoms with E-state index in [9.17, 15) is 13.2 Å². The molecule has 1 aromatic carbocycles. The van der Waals surface area contributed by atoms with Gasteiger partial charge in [-0.1, -0.05) is 42.1 Å². The van der Waals surface area contributed by atoms with Gasteiger partial charge in [0.15, 0.2) is 5.16 Å². The van der Waals surface area contributed by atoms with Gasteiger partial charge in [-0.3, -0.25) is 0 Å². The standard InChI is InChI=1S/C13H11F3N2S/c1-9(10-5-3-2-4-6-10)19-12-17-8-7-11(18-12)13(14,15)16/h2-9H,1H3. The van der Waals surface area contributed by atoms with Crippen LogP contribution < -0.4 is 0 Å². The Kier molecular flexibility index (Phi) is 4.09. The van der Waals surface area contributed by atoms with E-state index in [1.165, 1.54) is 11.8 Å². The molecule has 1 heterocycles. The smallest absolute Gasteiger partial charge is 0.231 e. The van der Waals surface area contributed by atoms with Crippen molar-refractivity contribution in [2.75, 3.05) is 0 Å². The molecular formula is C13H11F3N2S. The molecule has 0 N–H and O–H groups in total. The second-order valence-electron chi connectivity index (χ2n) is 3.89. The molecule has 0 radical (unpaired) electrons. The fourth-order valence-corrected chi connectivity index (χ4v) is 2.39. The first-order chi connectivity index (χ1) is 8.97. The molecular weight excluding hydrogens is 273 g/mol. The van der Waals surface area contributed by atoms with Crippen LogP contribution >= 0.6 is 11.8 Å². The fraction of sp³-hybridized carbons (Fsp3) is 0.231. The summed E-state index contributed by atoms with van der Waals surface area (Å²) in [7, 11) is 0. The lowest BCUT2D eigenvalue weighted by Crippen LogP contribution is -2.09. The molecule has 0 spiro atoms. The number of nitrogens with zero attached hydrogens (tertiary/aromatic N) is 2. The van der Waals surface area contributed by atoms with E-state index in [2.05, 4.69) is 9.97 Å². The van der Waals surface area contributed by atoms with E-state index in [1.54, 1.807) is 0 Å². The Labute approximate surface area is 113 Å². The van der Waals surface area contributed by atoms with Crippen molar-refractivity contribution in [2.45, 2.75) is 23.5 Å². The molecule has 0 amide bonds. The molecule has 0 saturated heterocycles. The van der Waals surface area contributed by atoms with Crippen LogP contribution in [0, 0.1) is 0 Å². The molecule has 6 heteroatoms. The molecule has 0 bridgehead atoms. The molecule has 19 heavy (non-hydrogen) atoms. The molecule has 0 saturated carbocycles. The Hall–Kier alpha value is -1.56. The minimum absolute atomic E-state index is 0.00955. The van der Waals surface area contributed by atoms with Crippen molar-refractivity contribution in [3.63, 3.8) is 0 Å². The van der Waals surface area contributed by atoms with Crippen molar-refractivity contribution in [3.8, 4) is 0 Å². The van der Waals surface area contributed by atoms with Crippen molar-refractivity contribution in [3.05, 3.63) is 53.9 Å². The quantitative estimate of drug-likeness (QED) is 0.619. The van der Waals surface area contributed by atoms with Crippen LogP contribution in [-0.2, 0) is 6.18 Å². The molecule has 0 fully saturated rings. The maximum absolute atomic E-state index is 12.5. The van der Waals surface area contributed by atoms with Crippen LogP contribution in [-0.4, -0.2) is 9.97 Å². The predicted molar refractivity (Wildman–Crippen MR) is 67.7 cm³/mol. The Morgan fingerprint density at radius 1 is 1.11 bits per heavy atom. The molecule has 2 rings (SSSR count). The highest BCUT2D eigenvalue weighted by atomic mass is 32.2. The lowest BCUT2D eigenvalue weighted by atomic mass is 10.2. The molecule has 0 aliphatic heterocycles. The largest absolute Gasteiger partial charge is 0.433 e. The minimum Gasteiger partial charge on any atom is -0.231 e. The molecule has 1 aromatic heterocycles. The number of alkyl halides is 3. The summed E-state index contributed by atoms with van der Waals surface area (Å²) in [5.41, 5.74) is 0.110. The number of hydrogen-bond donors (Lipinski definition) is 0. The zero-order valence-electron chi connectivity index (χ0n) is 10.1. The van der Waals surface area contributed by atoms with Gasteiger partial charge < -0.3 is 0 Å². The van der Waals surface area contributed by atoms with Gasteiger partial charge in [0.2, 0.25) is 0 Å². The second-order valence-corrected chi connectivity index (χ2v) is 5.20. The SMILES string of the molecule is CC(Sc1nccc(C(F)(F)F)n1)c1ccccc1. The van der Waals surface area contributed by atoms with E-state index in [1.807, 2.05) is 37.3 Å². The minimum atomic E-state index is -4.44. The Balaban J connectivity index is 2.16. The number of benzene rings is 1. The van der Waals surface area contributed by atoms with Gasteiger partial charge in [0.05, 0.1) is 0 Å². The van der Waals surface area contributed by atoms with Crippen molar-refractivity contribution >= 4 is 11.8 Å². The van der Waals surface area contributed by atoms with Gasteiger partial charge in [0, 0.05) is 11.4 Å². The highest BCUT2D eigenvalue weighted by Gasteiger charge is 2.32. The van der Waals surface area contributed by atoms with E-state index in [4.69, 9.17) is 0 Å². The average molecular weight is 284 g/mol. The first kappa shape index (κ1) is 13.9. The molecule has 2 aromatic rings. The number of hydrogen-bond acceptors (Lipinski definition) is 3. The number of aromatic nitrogens is 2. The second kappa shape index (κ2) is 5.61. The van der Waals surface area contributed by atoms with E-state index in [0.717, 1.165) is 17.8 Å². The molecule has 1 unspecified atom stereocenters. The third-order valence-corrected chi connectivity index (χ3v) is 3.51. The number of rotatable bonds is 3. The van der Waals surface area contributed by atoms with E-state index in [0.29, 0.717) is 0 Å². The van der Waals surface area contributed by atoms with Crippen LogP contribution in [0.15, 0.2) is 47.8 Å². The normalized spacial score (nSPS) is 13.3. The van der Waals surface area contributed by atoms with Gasteiger partial charge in [-0.25, -0.2) is 9.97 Å². The van der Waals surface area contributed by atoms with Crippen LogP contribution in [0.2, 0.25) is 0 Å². The van der Waals surface area contributed by atoms with Crippen LogP contribution in [0.1, 0.15) is 23.4 Å². The van der Waals surface area contributed by atoms with Gasteiger partial charge in [0.25, 0.3) is 0 Å². The Morgan fingerprint density at radius 3 is 2.42 bits per heavy atom. The fourth-order valence-electron chi connectivity index (χ4n) is 1.51. The molecule has 100 valence electrons. The monoisotopic (exact) mass is 284 g/mol. The molecule has 0 aliphatic carbocycles. The van der Waals surface area contributed by atoms with Crippen molar-refractivity contribution in [1.29, 1.82) is 0 Å². The maximum Gasteiger partial charge on any atom is 0.433 e. The predicted octanol–water partition coefficient (Wildman–Crippen LogP) is 4.35. The van der Waals surface area contributed by atoms with E-state index in [-0.39, 0.29) is 10.4 Å². The van der Waals surface area contributed by atoms with Crippen molar-refractivity contribution in [1.82, 2.24) is 9.97 Å². The highest BCUT2D eigenvalue weighted by Crippen LogP contribution is 2.34. The summed E-state index contributed by atoms with van der Waals surface area (Å²) < 4.78 is 37.6. The average Bonchev–Trinajstić information content (AvgIpc) is 2.39. The third-order valence-electron chi connectivity index (χ3n) is 2.48. The lowest BCUT2D eigenvalue weighted by molar-refractivity contribution is -0.141. The maximum atomic E-state index is 12.5. The first-order valence-corrected chi connectivity index (χ1v) is 6.46. The highest BCUT2D eigenvalue weighted by molar-refractivity contribution is 7.99. The zero-order valence-corrected chi connectivity index (χ0v) is 10.9. The summed E-state index contributed by atoms with van der Waals surface area (Å²) in [5.74, 6) is 0. The Morgan fingerprint density at radius 2 is 1.79 bits per heavy atom. The van der Waals surface area contributed by atoms with Crippen LogP contribution in [0.25, 0.3) is 0 Å². The summed E-state index contributed by atoms with van der Waals surface area (Å²) in [5, 5.41) is 0.121. The van der Waals surface area contributed by atoms with Gasteiger partial charge in [-0.05, 0) is 18.6 Å². The number of thioether (sulfide) groups is 1. The summed E-state index contributed by atoms with van der Waals surface area (Å²) in [6, 6.07) is 10.4. The zero-order chi connectivity index (χ0) is 13.9. The van der Waals surface area contributed by atoms with Crippen molar-refractivity contribution in [2.24, 2.45) is 0 Å². The summed E-state index contributed by atoms with van der Waals surface area (Å²) in [6.45, 7) is 1.91. The molecule has 1 atom stereocenters. The number of halogens is 3. The summed E-state index contributed by atoms with van der Waals surface area (Å²) in [6.07, 6.45) is -3.30. The van der Waals surface area contributed by atoms with E-state index < -0.39 is 11.9 Å². The van der Waals surface area contributed by atoms with Gasteiger partial charge >= 0.3 is 6.18 Å². The molecule has 0 aliphatic rings. The van der Waals surface area contributed by atoms with Gasteiger partial charge in [-0.2, -0.15) is 13.2 Å². The third kappa shape index (κ3) is 3.70. The van der Waals surface area contributed by atoms with Crippen molar-refractivity contribution < 1.29 is 13.2 Å². The van der Waals surface area contributed by atoms with E-state index >= 15 is 0 Å². The van der Waals surface area contributed by atoms with Crippen LogP contribution in [0.5, 0.6) is 0 Å². The first-order valence-electron chi connectivity index (χ1n) is 5.58. The van der Waals surface area contributed by atoms with Crippen LogP contribution in [0.3, 0.4) is 0 Å². The summed E-state index contributed by atoms with van der Waals surface area (Å²) >= 11 is 1.20. The lowest BCUT2D eigenvalue weighted by Gasteiger charge is -2.11. The van der Waals surface area contributed by atoms with Gasteiger partial charge in [-0.15, -0.1) is 0 Å². The van der Waals surface area contributed by atoms with Gasteiger partial charge in [0.1, 0.15) is 5.69 Å². The van der Waals surface area contributed by atoms with Crippen LogP contribution in [0.4, 0.5) is 13.2 Å². The Bertz CT molecular complexity index is 543. The topological polar surface area (TPSA) is 25.8 Å². The summed E-state index contributed by atoms with van der Waals surface area (Å²) in [4.78, 5) is 7.41. The molecule has 2 nitrogen and oxygen atoms in total.